The molecular formula is C20H17N3O2S. The summed E-state index contributed by atoms with van der Waals surface area (Å²) in [5.74, 6) is -0.156. The van der Waals surface area contributed by atoms with Crippen molar-refractivity contribution in [2.45, 2.75) is 18.9 Å². The third-order valence-electron chi connectivity index (χ3n) is 4.41. The maximum Gasteiger partial charge on any atom is 0.260 e. The Morgan fingerprint density at radius 1 is 1.31 bits per heavy atom. The van der Waals surface area contributed by atoms with E-state index in [1.54, 1.807) is 29.2 Å². The molecule has 1 aliphatic rings. The van der Waals surface area contributed by atoms with E-state index in [4.69, 9.17) is 10.00 Å². The van der Waals surface area contributed by atoms with Gasteiger partial charge in [-0.3, -0.25) is 9.69 Å². The van der Waals surface area contributed by atoms with E-state index in [0.29, 0.717) is 22.8 Å². The highest BCUT2D eigenvalue weighted by molar-refractivity contribution is 7.22. The summed E-state index contributed by atoms with van der Waals surface area (Å²) in [6.45, 7) is 1.20. The molecule has 1 saturated heterocycles. The van der Waals surface area contributed by atoms with Crippen molar-refractivity contribution in [3.63, 3.8) is 0 Å². The Morgan fingerprint density at radius 2 is 2.19 bits per heavy atom. The molecule has 0 bridgehead atoms. The lowest BCUT2D eigenvalue weighted by Gasteiger charge is -2.23. The number of nitriles is 1. The van der Waals surface area contributed by atoms with E-state index >= 15 is 0 Å². The molecular weight excluding hydrogens is 346 g/mol. The van der Waals surface area contributed by atoms with E-state index in [2.05, 4.69) is 11.1 Å². The van der Waals surface area contributed by atoms with Gasteiger partial charge in [0.1, 0.15) is 0 Å². The first-order valence-electron chi connectivity index (χ1n) is 8.54. The molecule has 1 atom stereocenters. The number of hydrogen-bond donors (Lipinski definition) is 0. The maximum absolute atomic E-state index is 13.2. The number of amides is 1. The molecule has 0 saturated carbocycles. The molecule has 2 aromatic carbocycles. The van der Waals surface area contributed by atoms with Crippen molar-refractivity contribution in [1.82, 2.24) is 4.98 Å². The largest absolute Gasteiger partial charge is 0.376 e. The van der Waals surface area contributed by atoms with Crippen LogP contribution in [0.25, 0.3) is 10.2 Å². The zero-order chi connectivity index (χ0) is 17.9. The molecule has 1 fully saturated rings. The quantitative estimate of drug-likeness (QED) is 0.703. The lowest BCUT2D eigenvalue weighted by atomic mass is 10.1. The molecule has 0 spiro atoms. The number of hydrogen-bond acceptors (Lipinski definition) is 5. The van der Waals surface area contributed by atoms with Gasteiger partial charge in [0.2, 0.25) is 0 Å². The van der Waals surface area contributed by atoms with Gasteiger partial charge in [-0.05, 0) is 43.2 Å². The predicted octanol–water partition coefficient (Wildman–Crippen LogP) is 3.99. The highest BCUT2D eigenvalue weighted by atomic mass is 32.1. The molecule has 0 N–H and O–H groups in total. The van der Waals surface area contributed by atoms with Crippen LogP contribution in [0.1, 0.15) is 28.8 Å². The minimum atomic E-state index is -0.156. The average Bonchev–Trinajstić information content (AvgIpc) is 3.34. The van der Waals surface area contributed by atoms with Crippen molar-refractivity contribution >= 4 is 32.6 Å². The summed E-state index contributed by atoms with van der Waals surface area (Å²) in [6, 6.07) is 16.7. The molecule has 26 heavy (non-hydrogen) atoms. The third kappa shape index (κ3) is 3.32. The Hall–Kier alpha value is -2.75. The standard InChI is InChI=1S/C20H17N3O2S/c21-12-14-5-3-6-15(11-14)19(24)23(13-16-7-4-10-25-16)20-22-17-8-1-2-9-18(17)26-20/h1-3,5-6,8-9,11,16H,4,7,10,13H2/t16-/m0/s1. The van der Waals surface area contributed by atoms with Crippen molar-refractivity contribution in [3.8, 4) is 6.07 Å². The van der Waals surface area contributed by atoms with Gasteiger partial charge in [0.25, 0.3) is 5.91 Å². The van der Waals surface area contributed by atoms with Crippen molar-refractivity contribution < 1.29 is 9.53 Å². The molecule has 1 aromatic heterocycles. The van der Waals surface area contributed by atoms with E-state index < -0.39 is 0 Å². The average molecular weight is 363 g/mol. The van der Waals surface area contributed by atoms with Gasteiger partial charge in [0.05, 0.1) is 34.5 Å². The number of aromatic nitrogens is 1. The van der Waals surface area contributed by atoms with Gasteiger partial charge in [0.15, 0.2) is 5.13 Å². The van der Waals surface area contributed by atoms with Gasteiger partial charge in [-0.1, -0.05) is 29.5 Å². The van der Waals surface area contributed by atoms with Crippen LogP contribution in [0.2, 0.25) is 0 Å². The first-order valence-corrected chi connectivity index (χ1v) is 9.35. The van der Waals surface area contributed by atoms with Crippen LogP contribution in [-0.2, 0) is 4.74 Å². The first kappa shape index (κ1) is 16.7. The lowest BCUT2D eigenvalue weighted by molar-refractivity contribution is 0.0917. The van der Waals surface area contributed by atoms with Gasteiger partial charge in [-0.2, -0.15) is 5.26 Å². The van der Waals surface area contributed by atoms with Crippen molar-refractivity contribution in [1.29, 1.82) is 5.26 Å². The van der Waals surface area contributed by atoms with Gasteiger partial charge >= 0.3 is 0 Å². The highest BCUT2D eigenvalue weighted by Crippen LogP contribution is 2.30. The van der Waals surface area contributed by atoms with E-state index in [1.165, 1.54) is 11.3 Å². The van der Waals surface area contributed by atoms with Crippen LogP contribution in [0.3, 0.4) is 0 Å². The third-order valence-corrected chi connectivity index (χ3v) is 5.47. The Labute approximate surface area is 155 Å². The van der Waals surface area contributed by atoms with Gasteiger partial charge < -0.3 is 4.74 Å². The lowest BCUT2D eigenvalue weighted by Crippen LogP contribution is -2.37. The molecule has 0 unspecified atom stereocenters. The number of anilines is 1. The fraction of sp³-hybridized carbons (Fsp3) is 0.250. The number of nitrogens with zero attached hydrogens (tertiary/aromatic N) is 3. The SMILES string of the molecule is N#Cc1cccc(C(=O)N(C[C@@H]2CCCO2)c2nc3ccccc3s2)c1. The normalized spacial score (nSPS) is 16.5. The molecule has 0 radical (unpaired) electrons. The first-order chi connectivity index (χ1) is 12.7. The summed E-state index contributed by atoms with van der Waals surface area (Å²) in [4.78, 5) is 19.5. The van der Waals surface area contributed by atoms with Gasteiger partial charge in [-0.15, -0.1) is 0 Å². The minimum Gasteiger partial charge on any atom is -0.376 e. The van der Waals surface area contributed by atoms with Gasteiger partial charge in [-0.25, -0.2) is 4.98 Å². The topological polar surface area (TPSA) is 66.2 Å². The molecule has 130 valence electrons. The molecule has 0 aliphatic carbocycles. The van der Waals surface area contributed by atoms with Crippen LogP contribution in [-0.4, -0.2) is 30.1 Å². The summed E-state index contributed by atoms with van der Waals surface area (Å²) in [5, 5.41) is 9.78. The smallest absolute Gasteiger partial charge is 0.260 e. The number of para-hydroxylation sites is 1. The van der Waals surface area contributed by atoms with Gasteiger partial charge in [0, 0.05) is 12.2 Å². The second-order valence-corrected chi connectivity index (χ2v) is 7.22. The number of ether oxygens (including phenoxy) is 1. The van der Waals surface area contributed by atoms with E-state index in [9.17, 15) is 4.79 Å². The summed E-state index contributed by atoms with van der Waals surface area (Å²) < 4.78 is 6.78. The molecule has 1 aliphatic heterocycles. The van der Waals surface area contributed by atoms with Crippen molar-refractivity contribution in [2.75, 3.05) is 18.1 Å². The number of carbonyl (C=O) groups excluding carboxylic acids is 1. The molecule has 4 rings (SSSR count). The van der Waals surface area contributed by atoms with Crippen LogP contribution >= 0.6 is 11.3 Å². The zero-order valence-corrected chi connectivity index (χ0v) is 14.9. The van der Waals surface area contributed by atoms with Crippen LogP contribution in [0.5, 0.6) is 0 Å². The van der Waals surface area contributed by atoms with Crippen LogP contribution < -0.4 is 4.90 Å². The summed E-state index contributed by atoms with van der Waals surface area (Å²) in [6.07, 6.45) is 1.97. The molecule has 1 amide bonds. The number of fused-ring (bicyclic) bond motifs is 1. The summed E-state index contributed by atoms with van der Waals surface area (Å²) in [7, 11) is 0. The van der Waals surface area contributed by atoms with E-state index in [0.717, 1.165) is 29.7 Å². The predicted molar refractivity (Wildman–Crippen MR) is 101 cm³/mol. The fourth-order valence-electron chi connectivity index (χ4n) is 3.09. The van der Waals surface area contributed by atoms with Crippen molar-refractivity contribution in [2.24, 2.45) is 0 Å². The number of rotatable bonds is 4. The van der Waals surface area contributed by atoms with Crippen LogP contribution in [0.4, 0.5) is 5.13 Å². The Kier molecular flexibility index (Phi) is 4.65. The maximum atomic E-state index is 13.2. The van der Waals surface area contributed by atoms with Crippen LogP contribution in [0.15, 0.2) is 48.5 Å². The van der Waals surface area contributed by atoms with Crippen LogP contribution in [0, 0.1) is 11.3 Å². The Balaban J connectivity index is 1.71. The summed E-state index contributed by atoms with van der Waals surface area (Å²) >= 11 is 1.50. The highest BCUT2D eigenvalue weighted by Gasteiger charge is 2.27. The monoisotopic (exact) mass is 363 g/mol. The van der Waals surface area contributed by atoms with E-state index in [-0.39, 0.29) is 12.0 Å². The molecule has 3 aromatic rings. The fourth-order valence-corrected chi connectivity index (χ4v) is 4.07. The molecule has 5 nitrogen and oxygen atoms in total. The number of thiazole rings is 1. The number of carbonyl (C=O) groups is 1. The molecule has 6 heteroatoms. The number of benzene rings is 2. The van der Waals surface area contributed by atoms with E-state index in [1.807, 2.05) is 24.3 Å². The zero-order valence-electron chi connectivity index (χ0n) is 14.1. The summed E-state index contributed by atoms with van der Waals surface area (Å²) in [5.41, 5.74) is 1.84. The Bertz CT molecular complexity index is 953. The second kappa shape index (κ2) is 7.24. The van der Waals surface area contributed by atoms with Crippen molar-refractivity contribution in [3.05, 3.63) is 59.7 Å². The molecule has 2 heterocycles. The minimum absolute atomic E-state index is 0.0186. The second-order valence-electron chi connectivity index (χ2n) is 6.21. The Morgan fingerprint density at radius 3 is 2.96 bits per heavy atom.